The predicted molar refractivity (Wildman–Crippen MR) is 129 cm³/mol. The summed E-state index contributed by atoms with van der Waals surface area (Å²) in [6.07, 6.45) is 1.45. The van der Waals surface area contributed by atoms with Crippen LogP contribution in [0.5, 0.6) is 11.5 Å². The van der Waals surface area contributed by atoms with Gasteiger partial charge in [-0.15, -0.1) is 0 Å². The molecule has 1 aliphatic heterocycles. The highest BCUT2D eigenvalue weighted by atomic mass is 35.5. The van der Waals surface area contributed by atoms with Crippen molar-refractivity contribution in [2.45, 2.75) is 0 Å². The Hall–Kier alpha value is -3.98. The standard InChI is InChI=1S/C25H24ClN3O6/c1-33-21-9-8-17(15-19(21)26)27-23(30)16-35-20-6-3-2-5-18(20)24(31)28-10-12-29(13-11-28)25(32)22-7-4-14-34-22/h2-9,14-15H,10-13,16H2,1H3,(H,27,30). The van der Waals surface area contributed by atoms with E-state index in [1.54, 1.807) is 64.4 Å². The Morgan fingerprint density at radius 2 is 1.66 bits per heavy atom. The molecule has 1 saturated heterocycles. The molecule has 1 aliphatic rings. The average Bonchev–Trinajstić information content (AvgIpc) is 3.42. The summed E-state index contributed by atoms with van der Waals surface area (Å²) < 4.78 is 15.9. The number of carbonyl (C=O) groups excluding carboxylic acids is 3. The summed E-state index contributed by atoms with van der Waals surface area (Å²) in [5.41, 5.74) is 0.842. The molecule has 1 fully saturated rings. The Kier molecular flexibility index (Phi) is 7.57. The molecule has 9 nitrogen and oxygen atoms in total. The predicted octanol–water partition coefficient (Wildman–Crippen LogP) is 3.56. The van der Waals surface area contributed by atoms with E-state index in [0.717, 1.165) is 0 Å². The molecule has 0 saturated carbocycles. The molecule has 2 heterocycles. The number of methoxy groups -OCH3 is 1. The second kappa shape index (κ2) is 11.0. The van der Waals surface area contributed by atoms with Gasteiger partial charge in [-0.1, -0.05) is 23.7 Å². The van der Waals surface area contributed by atoms with Gasteiger partial charge in [-0.2, -0.15) is 0 Å². The topological polar surface area (TPSA) is 101 Å². The third kappa shape index (κ3) is 5.75. The monoisotopic (exact) mass is 497 g/mol. The molecule has 2 aromatic carbocycles. The number of amides is 3. The van der Waals surface area contributed by atoms with Gasteiger partial charge in [0, 0.05) is 31.9 Å². The second-order valence-electron chi connectivity index (χ2n) is 7.74. The molecule has 0 bridgehead atoms. The summed E-state index contributed by atoms with van der Waals surface area (Å²) >= 11 is 6.09. The Labute approximate surface area is 207 Å². The Balaban J connectivity index is 1.34. The summed E-state index contributed by atoms with van der Waals surface area (Å²) in [4.78, 5) is 41.3. The van der Waals surface area contributed by atoms with E-state index in [0.29, 0.717) is 54.0 Å². The molecule has 1 aromatic heterocycles. The molecule has 3 amide bonds. The first kappa shape index (κ1) is 24.2. The molecule has 0 unspecified atom stereocenters. The van der Waals surface area contributed by atoms with Crippen molar-refractivity contribution in [2.24, 2.45) is 0 Å². The van der Waals surface area contributed by atoms with Crippen molar-refractivity contribution < 1.29 is 28.3 Å². The highest BCUT2D eigenvalue weighted by Gasteiger charge is 2.28. The molecule has 0 atom stereocenters. The van der Waals surface area contributed by atoms with E-state index in [-0.39, 0.29) is 24.2 Å². The SMILES string of the molecule is COc1ccc(NC(=O)COc2ccccc2C(=O)N2CCN(C(=O)c3ccco3)CC2)cc1Cl. The summed E-state index contributed by atoms with van der Waals surface area (Å²) in [6, 6.07) is 14.9. The zero-order valence-corrected chi connectivity index (χ0v) is 19.8. The van der Waals surface area contributed by atoms with Crippen molar-refractivity contribution in [1.29, 1.82) is 0 Å². The van der Waals surface area contributed by atoms with Crippen LogP contribution in [0.3, 0.4) is 0 Å². The van der Waals surface area contributed by atoms with E-state index in [4.69, 9.17) is 25.5 Å². The first-order valence-corrected chi connectivity index (χ1v) is 11.3. The van der Waals surface area contributed by atoms with Crippen LogP contribution in [-0.2, 0) is 4.79 Å². The van der Waals surface area contributed by atoms with Crippen molar-refractivity contribution in [1.82, 2.24) is 9.80 Å². The number of halogens is 1. The number of para-hydroxylation sites is 1. The minimum Gasteiger partial charge on any atom is -0.495 e. The first-order chi connectivity index (χ1) is 17.0. The van der Waals surface area contributed by atoms with E-state index in [1.165, 1.54) is 13.4 Å². The van der Waals surface area contributed by atoms with Crippen LogP contribution in [0.4, 0.5) is 5.69 Å². The van der Waals surface area contributed by atoms with E-state index >= 15 is 0 Å². The largest absolute Gasteiger partial charge is 0.495 e. The van der Waals surface area contributed by atoms with E-state index in [2.05, 4.69) is 5.32 Å². The summed E-state index contributed by atoms with van der Waals surface area (Å²) in [7, 11) is 1.51. The number of hydrogen-bond acceptors (Lipinski definition) is 6. The van der Waals surface area contributed by atoms with Crippen LogP contribution in [-0.4, -0.2) is 67.4 Å². The van der Waals surface area contributed by atoms with Crippen LogP contribution in [0.15, 0.2) is 65.3 Å². The Morgan fingerprint density at radius 1 is 0.943 bits per heavy atom. The fourth-order valence-electron chi connectivity index (χ4n) is 3.69. The third-order valence-electron chi connectivity index (χ3n) is 5.50. The van der Waals surface area contributed by atoms with E-state index in [1.807, 2.05) is 0 Å². The summed E-state index contributed by atoms with van der Waals surface area (Å²) in [5, 5.41) is 3.07. The first-order valence-electron chi connectivity index (χ1n) is 10.9. The molecule has 35 heavy (non-hydrogen) atoms. The van der Waals surface area contributed by atoms with E-state index < -0.39 is 5.91 Å². The second-order valence-corrected chi connectivity index (χ2v) is 8.15. The van der Waals surface area contributed by atoms with Gasteiger partial charge in [0.25, 0.3) is 17.7 Å². The van der Waals surface area contributed by atoms with Crippen molar-refractivity contribution in [3.05, 3.63) is 77.2 Å². The number of rotatable bonds is 7. The number of nitrogens with one attached hydrogen (secondary N) is 1. The fraction of sp³-hybridized carbons (Fsp3) is 0.240. The maximum atomic E-state index is 13.2. The lowest BCUT2D eigenvalue weighted by molar-refractivity contribution is -0.118. The Morgan fingerprint density at radius 3 is 2.31 bits per heavy atom. The van der Waals surface area contributed by atoms with Gasteiger partial charge in [0.1, 0.15) is 11.5 Å². The quantitative estimate of drug-likeness (QED) is 0.535. The van der Waals surface area contributed by atoms with Crippen molar-refractivity contribution in [2.75, 3.05) is 45.2 Å². The van der Waals surface area contributed by atoms with Gasteiger partial charge in [0.15, 0.2) is 12.4 Å². The molecule has 0 spiro atoms. The number of ether oxygens (including phenoxy) is 2. The highest BCUT2D eigenvalue weighted by molar-refractivity contribution is 6.32. The van der Waals surface area contributed by atoms with Crippen LogP contribution >= 0.6 is 11.6 Å². The average molecular weight is 498 g/mol. The van der Waals surface area contributed by atoms with Crippen LogP contribution in [0.1, 0.15) is 20.9 Å². The zero-order chi connectivity index (χ0) is 24.8. The van der Waals surface area contributed by atoms with Gasteiger partial charge in [-0.25, -0.2) is 0 Å². The minimum atomic E-state index is -0.404. The van der Waals surface area contributed by atoms with Gasteiger partial charge >= 0.3 is 0 Å². The van der Waals surface area contributed by atoms with Crippen LogP contribution in [0, 0.1) is 0 Å². The molecule has 182 valence electrons. The number of benzene rings is 2. The summed E-state index contributed by atoms with van der Waals surface area (Å²) in [5.74, 6) is 0.245. The lowest BCUT2D eigenvalue weighted by atomic mass is 10.1. The van der Waals surface area contributed by atoms with Gasteiger partial charge in [-0.05, 0) is 42.5 Å². The number of furan rings is 1. The maximum Gasteiger partial charge on any atom is 0.289 e. The molecular weight excluding hydrogens is 474 g/mol. The molecule has 0 radical (unpaired) electrons. The maximum absolute atomic E-state index is 13.2. The fourth-order valence-corrected chi connectivity index (χ4v) is 3.95. The smallest absolute Gasteiger partial charge is 0.289 e. The molecule has 10 heteroatoms. The molecule has 4 rings (SSSR count). The highest BCUT2D eigenvalue weighted by Crippen LogP contribution is 2.27. The minimum absolute atomic E-state index is 0.199. The zero-order valence-electron chi connectivity index (χ0n) is 19.0. The van der Waals surface area contributed by atoms with Crippen molar-refractivity contribution >= 4 is 35.0 Å². The number of nitrogens with zero attached hydrogens (tertiary/aromatic N) is 2. The number of piperazine rings is 1. The van der Waals surface area contributed by atoms with Gasteiger partial charge < -0.3 is 29.0 Å². The van der Waals surface area contributed by atoms with Gasteiger partial charge in [0.05, 0.1) is 24.0 Å². The number of hydrogen-bond donors (Lipinski definition) is 1. The Bertz CT molecular complexity index is 1210. The molecule has 3 aromatic rings. The third-order valence-corrected chi connectivity index (χ3v) is 5.79. The van der Waals surface area contributed by atoms with Crippen molar-refractivity contribution in [3.63, 3.8) is 0 Å². The summed E-state index contributed by atoms with van der Waals surface area (Å²) in [6.45, 7) is 1.23. The van der Waals surface area contributed by atoms with E-state index in [9.17, 15) is 14.4 Å². The molecular formula is C25H24ClN3O6. The lowest BCUT2D eigenvalue weighted by Gasteiger charge is -2.34. The van der Waals surface area contributed by atoms with Crippen LogP contribution in [0.2, 0.25) is 5.02 Å². The normalized spacial score (nSPS) is 13.3. The van der Waals surface area contributed by atoms with Crippen LogP contribution in [0.25, 0.3) is 0 Å². The van der Waals surface area contributed by atoms with Crippen molar-refractivity contribution in [3.8, 4) is 11.5 Å². The van der Waals surface area contributed by atoms with Gasteiger partial charge in [0.2, 0.25) is 0 Å². The van der Waals surface area contributed by atoms with Crippen LogP contribution < -0.4 is 14.8 Å². The van der Waals surface area contributed by atoms with Gasteiger partial charge in [-0.3, -0.25) is 14.4 Å². The molecule has 0 aliphatic carbocycles. The number of anilines is 1. The lowest BCUT2D eigenvalue weighted by Crippen LogP contribution is -2.50. The number of carbonyl (C=O) groups is 3. The molecule has 1 N–H and O–H groups in total.